The Morgan fingerprint density at radius 1 is 0.970 bits per heavy atom. The lowest BCUT2D eigenvalue weighted by Crippen LogP contribution is -2.51. The summed E-state index contributed by atoms with van der Waals surface area (Å²) in [6.45, 7) is 4.47. The van der Waals surface area contributed by atoms with Crippen LogP contribution in [0.1, 0.15) is 38.7 Å². The first-order valence-electron chi connectivity index (χ1n) is 11.5. The molecule has 2 aromatic rings. The van der Waals surface area contributed by atoms with Crippen molar-refractivity contribution in [2.24, 2.45) is 5.92 Å². The number of rotatable bonds is 3. The van der Waals surface area contributed by atoms with Crippen LogP contribution in [0.5, 0.6) is 0 Å². The van der Waals surface area contributed by atoms with Crippen molar-refractivity contribution in [3.05, 3.63) is 42.0 Å². The average Bonchev–Trinajstić information content (AvgIpc) is 3.61. The summed E-state index contributed by atoms with van der Waals surface area (Å²) in [5, 5.41) is 0. The molecule has 0 radical (unpaired) electrons. The molecule has 1 atom stereocenters. The van der Waals surface area contributed by atoms with Gasteiger partial charge in [0.05, 0.1) is 29.4 Å². The number of amides is 2. The van der Waals surface area contributed by atoms with Gasteiger partial charge in [-0.2, -0.15) is 0 Å². The van der Waals surface area contributed by atoms with Crippen molar-refractivity contribution in [3.63, 3.8) is 0 Å². The molecular weight excluding hydrogens is 438 g/mol. The van der Waals surface area contributed by atoms with E-state index < -0.39 is 10.0 Å². The lowest BCUT2D eigenvalue weighted by Gasteiger charge is -2.41. The second-order valence-corrected chi connectivity index (χ2v) is 11.4. The lowest BCUT2D eigenvalue weighted by molar-refractivity contribution is -0.120. The molecule has 8 heteroatoms. The summed E-state index contributed by atoms with van der Waals surface area (Å²) >= 11 is 0. The summed E-state index contributed by atoms with van der Waals surface area (Å²) in [7, 11) is -3.36. The van der Waals surface area contributed by atoms with Crippen LogP contribution in [0.25, 0.3) is 11.1 Å². The third-order valence-electron chi connectivity index (χ3n) is 6.84. The molecule has 1 aliphatic carbocycles. The van der Waals surface area contributed by atoms with Gasteiger partial charge in [0.1, 0.15) is 0 Å². The minimum atomic E-state index is -3.36. The maximum atomic E-state index is 13.1. The fourth-order valence-electron chi connectivity index (χ4n) is 5.11. The van der Waals surface area contributed by atoms with Crippen LogP contribution < -0.4 is 14.1 Å². The Balaban J connectivity index is 1.61. The number of hydrogen-bond donors (Lipinski definition) is 0. The molecule has 0 N–H and O–H groups in total. The number of carbonyl (C=O) groups excluding carboxylic acids is 2. The maximum Gasteiger partial charge on any atom is 0.232 e. The van der Waals surface area contributed by atoms with Crippen molar-refractivity contribution in [2.45, 2.75) is 45.6 Å². The third kappa shape index (κ3) is 3.90. The summed E-state index contributed by atoms with van der Waals surface area (Å²) in [4.78, 5) is 29.1. The van der Waals surface area contributed by atoms with E-state index in [0.717, 1.165) is 59.4 Å². The monoisotopic (exact) mass is 467 g/mol. The van der Waals surface area contributed by atoms with E-state index in [1.165, 1.54) is 10.6 Å². The van der Waals surface area contributed by atoms with Gasteiger partial charge in [-0.15, -0.1) is 0 Å². The Kier molecular flexibility index (Phi) is 5.23. The SMILES string of the molecule is CC(=O)N1c2ccc(-c3ccc4c(c3)N(S(C)(=O)=O)CCC4)cc2N(C(=O)C2CC2)C[C@@H]1C. The number of nitrogens with zero attached hydrogens (tertiary/aromatic N) is 3. The molecule has 2 aliphatic heterocycles. The summed E-state index contributed by atoms with van der Waals surface area (Å²) in [6.07, 6.45) is 4.73. The molecule has 0 aromatic heterocycles. The topological polar surface area (TPSA) is 78.0 Å². The highest BCUT2D eigenvalue weighted by Gasteiger charge is 2.39. The molecule has 1 fully saturated rings. The molecule has 7 nitrogen and oxygen atoms in total. The van der Waals surface area contributed by atoms with Gasteiger partial charge in [-0.1, -0.05) is 18.2 Å². The highest BCUT2D eigenvalue weighted by molar-refractivity contribution is 7.92. The average molecular weight is 468 g/mol. The lowest BCUT2D eigenvalue weighted by atomic mass is 9.96. The van der Waals surface area contributed by atoms with Crippen LogP contribution in [0.15, 0.2) is 36.4 Å². The first-order valence-corrected chi connectivity index (χ1v) is 13.4. The number of hydrogen-bond acceptors (Lipinski definition) is 4. The van der Waals surface area contributed by atoms with Crippen LogP contribution in [0, 0.1) is 5.92 Å². The van der Waals surface area contributed by atoms with E-state index in [0.29, 0.717) is 13.1 Å². The van der Waals surface area contributed by atoms with Gasteiger partial charge in [0.2, 0.25) is 21.8 Å². The Morgan fingerprint density at radius 3 is 2.27 bits per heavy atom. The second kappa shape index (κ2) is 7.87. The highest BCUT2D eigenvalue weighted by atomic mass is 32.2. The maximum absolute atomic E-state index is 13.1. The van der Waals surface area contributed by atoms with E-state index >= 15 is 0 Å². The predicted octanol–water partition coefficient (Wildman–Crippen LogP) is 3.56. The first kappa shape index (κ1) is 21.9. The van der Waals surface area contributed by atoms with Crippen molar-refractivity contribution in [3.8, 4) is 11.1 Å². The summed E-state index contributed by atoms with van der Waals surface area (Å²) in [6, 6.07) is 11.7. The standard InChI is InChI=1S/C25H29N3O4S/c1-16-15-26(25(30)19-7-8-19)24-14-21(10-11-22(24)28(16)17(2)29)20-9-6-18-5-4-12-27(23(18)13-20)33(3,31)32/h6,9-11,13-14,16,19H,4-5,7-8,12,15H2,1-3H3/t16-/m0/s1. The quantitative estimate of drug-likeness (QED) is 0.692. The zero-order valence-corrected chi connectivity index (χ0v) is 20.1. The minimum Gasteiger partial charge on any atom is -0.308 e. The van der Waals surface area contributed by atoms with Crippen molar-refractivity contribution in [2.75, 3.05) is 33.5 Å². The van der Waals surface area contributed by atoms with Gasteiger partial charge in [0.25, 0.3) is 0 Å². The summed E-state index contributed by atoms with van der Waals surface area (Å²) < 4.78 is 26.2. The van der Waals surface area contributed by atoms with E-state index in [-0.39, 0.29) is 23.8 Å². The number of benzene rings is 2. The first-order chi connectivity index (χ1) is 15.6. The molecule has 5 rings (SSSR count). The van der Waals surface area contributed by atoms with Crippen molar-refractivity contribution in [1.82, 2.24) is 0 Å². The van der Waals surface area contributed by atoms with Gasteiger partial charge in [-0.05, 0) is 67.5 Å². The smallest absolute Gasteiger partial charge is 0.232 e. The molecule has 33 heavy (non-hydrogen) atoms. The largest absolute Gasteiger partial charge is 0.308 e. The van der Waals surface area contributed by atoms with Gasteiger partial charge < -0.3 is 9.80 Å². The van der Waals surface area contributed by atoms with Crippen LogP contribution in [-0.2, 0) is 26.0 Å². The molecule has 0 spiro atoms. The van der Waals surface area contributed by atoms with Gasteiger partial charge in [0, 0.05) is 25.9 Å². The molecule has 1 saturated carbocycles. The molecule has 2 amide bonds. The Morgan fingerprint density at radius 2 is 1.64 bits per heavy atom. The molecule has 0 saturated heterocycles. The number of carbonyl (C=O) groups is 2. The van der Waals surface area contributed by atoms with E-state index in [1.807, 2.05) is 48.2 Å². The number of anilines is 3. The highest BCUT2D eigenvalue weighted by Crippen LogP contribution is 2.43. The predicted molar refractivity (Wildman–Crippen MR) is 130 cm³/mol. The van der Waals surface area contributed by atoms with Gasteiger partial charge >= 0.3 is 0 Å². The molecule has 174 valence electrons. The Labute approximate surface area is 195 Å². The zero-order valence-electron chi connectivity index (χ0n) is 19.2. The number of aryl methyl sites for hydroxylation is 1. The van der Waals surface area contributed by atoms with E-state index in [9.17, 15) is 18.0 Å². The Bertz CT molecular complexity index is 1250. The van der Waals surface area contributed by atoms with Gasteiger partial charge in [-0.3, -0.25) is 13.9 Å². The van der Waals surface area contributed by atoms with E-state index in [2.05, 4.69) is 0 Å². The van der Waals surface area contributed by atoms with E-state index in [4.69, 9.17) is 0 Å². The van der Waals surface area contributed by atoms with E-state index in [1.54, 1.807) is 11.8 Å². The molecule has 2 aromatic carbocycles. The number of sulfonamides is 1. The molecular formula is C25H29N3O4S. The molecule has 3 aliphatic rings. The summed E-state index contributed by atoms with van der Waals surface area (Å²) in [5.74, 6) is 0.148. The zero-order chi connectivity index (χ0) is 23.5. The molecule has 2 heterocycles. The van der Waals surface area contributed by atoms with Gasteiger partial charge in [0.15, 0.2) is 0 Å². The number of fused-ring (bicyclic) bond motifs is 2. The minimum absolute atomic E-state index is 0.0485. The molecule has 0 bridgehead atoms. The Hall–Kier alpha value is -2.87. The van der Waals surface area contributed by atoms with Crippen molar-refractivity contribution < 1.29 is 18.0 Å². The summed E-state index contributed by atoms with van der Waals surface area (Å²) in [5.41, 5.74) is 5.02. The van der Waals surface area contributed by atoms with Crippen LogP contribution in [-0.4, -0.2) is 45.6 Å². The fourth-order valence-corrected chi connectivity index (χ4v) is 6.10. The second-order valence-electron chi connectivity index (χ2n) is 9.45. The normalized spacial score (nSPS) is 20.3. The third-order valence-corrected chi connectivity index (χ3v) is 8.02. The van der Waals surface area contributed by atoms with Gasteiger partial charge in [-0.25, -0.2) is 8.42 Å². The van der Waals surface area contributed by atoms with Crippen molar-refractivity contribution in [1.29, 1.82) is 0 Å². The molecule has 0 unspecified atom stereocenters. The fraction of sp³-hybridized carbons (Fsp3) is 0.440. The van der Waals surface area contributed by atoms with Crippen LogP contribution in [0.4, 0.5) is 17.1 Å². The van der Waals surface area contributed by atoms with Crippen LogP contribution in [0.3, 0.4) is 0 Å². The van der Waals surface area contributed by atoms with Crippen molar-refractivity contribution >= 4 is 38.9 Å². The van der Waals surface area contributed by atoms with Crippen LogP contribution >= 0.6 is 0 Å². The van der Waals surface area contributed by atoms with Crippen LogP contribution in [0.2, 0.25) is 0 Å².